The number of carboxylic acid groups (broad SMARTS) is 1. The van der Waals surface area contributed by atoms with E-state index in [1.165, 1.54) is 13.8 Å². The van der Waals surface area contributed by atoms with Crippen molar-refractivity contribution in [1.29, 1.82) is 0 Å². The zero-order chi connectivity index (χ0) is 35.0. The van der Waals surface area contributed by atoms with Crippen LogP contribution in [0.15, 0.2) is 0 Å². The molecule has 5 unspecified atom stereocenters. The van der Waals surface area contributed by atoms with E-state index in [0.717, 1.165) is 0 Å². The SMILES string of the molecule is CC(C)COC1OC(C(=O)O)C(OC(=O)C(F)(F)C(F)(F)F)C(OC(=O)C(F)(F)C(F)(F)F)C1OC(=O)C(F)(F)C(F)(F)F. The number of halogens is 15. The molecule has 1 heterocycles. The highest BCUT2D eigenvalue weighted by atomic mass is 19.4. The summed E-state index contributed by atoms with van der Waals surface area (Å²) in [7, 11) is 0. The van der Waals surface area contributed by atoms with Crippen LogP contribution >= 0.6 is 0 Å². The summed E-state index contributed by atoms with van der Waals surface area (Å²) in [4.78, 5) is 46.8. The van der Waals surface area contributed by atoms with E-state index in [1.807, 2.05) is 0 Å². The Morgan fingerprint density at radius 1 is 0.614 bits per heavy atom. The Balaban J connectivity index is 3.93. The Kier molecular flexibility index (Phi) is 11.1. The first-order valence-electron chi connectivity index (χ1n) is 10.9. The maximum atomic E-state index is 13.6. The smallest absolute Gasteiger partial charge is 0.465 e. The van der Waals surface area contributed by atoms with Gasteiger partial charge in [0.05, 0.1) is 6.61 Å². The molecule has 1 aliphatic rings. The lowest BCUT2D eigenvalue weighted by Gasteiger charge is -2.44. The second-order valence-electron chi connectivity index (χ2n) is 8.82. The van der Waals surface area contributed by atoms with Crippen LogP contribution in [-0.4, -0.2) is 103 Å². The fourth-order valence-electron chi connectivity index (χ4n) is 2.76. The monoisotopic (exact) mass is 688 g/mol. The van der Waals surface area contributed by atoms with Crippen molar-refractivity contribution in [2.45, 2.75) is 80.8 Å². The summed E-state index contributed by atoms with van der Waals surface area (Å²) in [5, 5.41) is 9.30. The first-order chi connectivity index (χ1) is 19.4. The summed E-state index contributed by atoms with van der Waals surface area (Å²) in [6.45, 7) is 1.54. The average molecular weight is 688 g/mol. The summed E-state index contributed by atoms with van der Waals surface area (Å²) in [5.41, 5.74) is 0. The second-order valence-corrected chi connectivity index (χ2v) is 8.82. The van der Waals surface area contributed by atoms with E-state index in [9.17, 15) is 90.1 Å². The Morgan fingerprint density at radius 3 is 1.23 bits per heavy atom. The Labute approximate surface area is 232 Å². The maximum Gasteiger partial charge on any atom is 0.465 e. The lowest BCUT2D eigenvalue weighted by atomic mass is 9.97. The minimum absolute atomic E-state index is 0.813. The summed E-state index contributed by atoms with van der Waals surface area (Å²) in [5.74, 6) is -35.3. The lowest BCUT2D eigenvalue weighted by molar-refractivity contribution is -0.330. The number of aliphatic carboxylic acids is 1. The number of alkyl halides is 15. The van der Waals surface area contributed by atoms with Gasteiger partial charge in [0.15, 0.2) is 30.7 Å². The number of carbonyl (C=O) groups excluding carboxylic acids is 3. The fourth-order valence-corrected chi connectivity index (χ4v) is 2.76. The van der Waals surface area contributed by atoms with E-state index in [-0.39, 0.29) is 0 Å². The van der Waals surface area contributed by atoms with Gasteiger partial charge in [-0.2, -0.15) is 65.9 Å². The predicted octanol–water partition coefficient (Wildman–Crippen LogP) is 3.80. The highest BCUT2D eigenvalue weighted by Gasteiger charge is 2.70. The van der Waals surface area contributed by atoms with E-state index in [4.69, 9.17) is 4.74 Å². The van der Waals surface area contributed by atoms with Crippen molar-refractivity contribution < 1.29 is 114 Å². The molecule has 1 aliphatic heterocycles. The van der Waals surface area contributed by atoms with Gasteiger partial charge in [0, 0.05) is 0 Å². The summed E-state index contributed by atoms with van der Waals surface area (Å²) >= 11 is 0. The van der Waals surface area contributed by atoms with Crippen molar-refractivity contribution in [1.82, 2.24) is 0 Å². The molecule has 5 atom stereocenters. The van der Waals surface area contributed by atoms with Crippen LogP contribution in [0.2, 0.25) is 0 Å². The van der Waals surface area contributed by atoms with Crippen LogP contribution in [0.25, 0.3) is 0 Å². The molecule has 0 aromatic rings. The van der Waals surface area contributed by atoms with Crippen LogP contribution in [0.3, 0.4) is 0 Å². The molecule has 25 heteroatoms. The molecule has 256 valence electrons. The molecule has 0 radical (unpaired) electrons. The molecule has 10 nitrogen and oxygen atoms in total. The molecule has 0 amide bonds. The molecule has 0 saturated carbocycles. The topological polar surface area (TPSA) is 135 Å². The zero-order valence-corrected chi connectivity index (χ0v) is 21.0. The van der Waals surface area contributed by atoms with Crippen molar-refractivity contribution >= 4 is 23.9 Å². The van der Waals surface area contributed by atoms with E-state index < -0.39 is 103 Å². The minimum Gasteiger partial charge on any atom is -0.479 e. The molecular weight excluding hydrogens is 673 g/mol. The molecule has 0 spiro atoms. The Hall–Kier alpha value is -3.25. The van der Waals surface area contributed by atoms with Gasteiger partial charge in [0.2, 0.25) is 0 Å². The molecule has 0 aromatic carbocycles. The number of ether oxygens (including phenoxy) is 5. The lowest BCUT2D eigenvalue weighted by Crippen LogP contribution is -2.66. The molecule has 0 aromatic heterocycles. The van der Waals surface area contributed by atoms with Gasteiger partial charge in [-0.05, 0) is 5.92 Å². The number of hydrogen-bond donors (Lipinski definition) is 1. The van der Waals surface area contributed by atoms with Gasteiger partial charge >= 0.3 is 60.2 Å². The largest absolute Gasteiger partial charge is 0.479 e. The summed E-state index contributed by atoms with van der Waals surface area (Å²) in [6.07, 6.45) is -38.7. The normalized spacial score (nSPS) is 24.1. The summed E-state index contributed by atoms with van der Waals surface area (Å²) in [6, 6.07) is 0. The molecule has 0 aliphatic carbocycles. The first kappa shape index (κ1) is 38.8. The fraction of sp³-hybridized carbons (Fsp3) is 0.789. The number of rotatable bonds is 10. The van der Waals surface area contributed by atoms with Crippen LogP contribution in [-0.2, 0) is 42.9 Å². The molecular formula is C19H15F15O10. The first-order valence-corrected chi connectivity index (χ1v) is 10.9. The third kappa shape index (κ3) is 8.06. The van der Waals surface area contributed by atoms with Crippen molar-refractivity contribution in [3.8, 4) is 0 Å². The maximum absolute atomic E-state index is 13.6. The van der Waals surface area contributed by atoms with Gasteiger partial charge in [0.25, 0.3) is 0 Å². The van der Waals surface area contributed by atoms with Crippen LogP contribution < -0.4 is 0 Å². The van der Waals surface area contributed by atoms with E-state index in [2.05, 4.69) is 18.9 Å². The molecule has 0 bridgehead atoms. The average Bonchev–Trinajstić information content (AvgIpc) is 2.82. The number of hydrogen-bond acceptors (Lipinski definition) is 9. The standard InChI is InChI=1S/C19H15F15O10/c1-4(2)3-40-10-8(44-13(39)16(24,25)19(32,33)34)6(43-12(38)15(22,23)18(29,30)31)5(7(41-10)9(35)36)42-11(37)14(20,21)17(26,27)28/h4-8,10H,3H2,1-2H3,(H,35,36). The van der Waals surface area contributed by atoms with E-state index in [1.54, 1.807) is 0 Å². The van der Waals surface area contributed by atoms with E-state index in [0.29, 0.717) is 0 Å². The van der Waals surface area contributed by atoms with Gasteiger partial charge in [-0.15, -0.1) is 0 Å². The highest BCUT2D eigenvalue weighted by molar-refractivity contribution is 5.82. The van der Waals surface area contributed by atoms with Gasteiger partial charge in [-0.25, -0.2) is 19.2 Å². The third-order valence-electron chi connectivity index (χ3n) is 4.90. The van der Waals surface area contributed by atoms with Crippen LogP contribution in [0.5, 0.6) is 0 Å². The van der Waals surface area contributed by atoms with Gasteiger partial charge < -0.3 is 28.8 Å². The summed E-state index contributed by atoms with van der Waals surface area (Å²) < 4.78 is 216. The van der Waals surface area contributed by atoms with E-state index >= 15 is 0 Å². The minimum atomic E-state index is -6.94. The quantitative estimate of drug-likeness (QED) is 0.205. The molecule has 1 rings (SSSR count). The Morgan fingerprint density at radius 2 is 0.932 bits per heavy atom. The van der Waals surface area contributed by atoms with Crippen LogP contribution in [0.1, 0.15) is 13.8 Å². The number of carboxylic acids is 1. The predicted molar refractivity (Wildman–Crippen MR) is 99.7 cm³/mol. The second kappa shape index (κ2) is 12.6. The zero-order valence-electron chi connectivity index (χ0n) is 21.0. The number of esters is 3. The Bertz CT molecular complexity index is 1080. The van der Waals surface area contributed by atoms with Crippen molar-refractivity contribution in [3.63, 3.8) is 0 Å². The van der Waals surface area contributed by atoms with Gasteiger partial charge in [-0.1, -0.05) is 13.8 Å². The number of carbonyl (C=O) groups is 4. The molecule has 1 fully saturated rings. The van der Waals surface area contributed by atoms with Crippen molar-refractivity contribution in [3.05, 3.63) is 0 Å². The molecule has 1 saturated heterocycles. The van der Waals surface area contributed by atoms with Crippen LogP contribution in [0.4, 0.5) is 65.9 Å². The highest BCUT2D eigenvalue weighted by Crippen LogP contribution is 2.42. The molecule has 44 heavy (non-hydrogen) atoms. The van der Waals surface area contributed by atoms with Crippen molar-refractivity contribution in [2.75, 3.05) is 6.61 Å². The molecule has 1 N–H and O–H groups in total. The van der Waals surface area contributed by atoms with Gasteiger partial charge in [0.1, 0.15) is 0 Å². The van der Waals surface area contributed by atoms with Gasteiger partial charge in [-0.3, -0.25) is 0 Å². The van der Waals surface area contributed by atoms with Crippen LogP contribution in [0, 0.1) is 5.92 Å². The van der Waals surface area contributed by atoms with Crippen molar-refractivity contribution in [2.24, 2.45) is 5.92 Å². The third-order valence-corrected chi connectivity index (χ3v) is 4.90.